The van der Waals surface area contributed by atoms with E-state index < -0.39 is 17.7 Å². The fourth-order valence-electron chi connectivity index (χ4n) is 1.10. The van der Waals surface area contributed by atoms with Gasteiger partial charge in [0.05, 0.1) is 12.5 Å². The van der Waals surface area contributed by atoms with Gasteiger partial charge in [0.25, 0.3) is 0 Å². The number of hydrogen-bond donors (Lipinski definition) is 2. The molecule has 0 saturated carbocycles. The Balaban J connectivity index is 3.02. The Morgan fingerprint density at radius 3 is 2.64 bits per heavy atom. The predicted molar refractivity (Wildman–Crippen MR) is 48.4 cm³/mol. The van der Waals surface area contributed by atoms with Gasteiger partial charge in [-0.3, -0.25) is 4.79 Å². The number of benzene rings is 1. The van der Waals surface area contributed by atoms with Gasteiger partial charge in [-0.15, -0.1) is 0 Å². The minimum atomic E-state index is -0.999. The molecule has 1 unspecified atom stereocenters. The van der Waals surface area contributed by atoms with Gasteiger partial charge in [-0.05, 0) is 18.6 Å². The molecule has 76 valence electrons. The standard InChI is InChI=1S/C10H11FO3/c1-6(10(13)14)7-2-3-8(5-12)9(11)4-7/h2-4,6,12H,5H2,1H3,(H,13,14). The quantitative estimate of drug-likeness (QED) is 0.773. The van der Waals surface area contributed by atoms with Crippen LogP contribution in [0.25, 0.3) is 0 Å². The molecule has 0 aliphatic carbocycles. The van der Waals surface area contributed by atoms with Crippen molar-refractivity contribution in [1.82, 2.24) is 0 Å². The molecule has 2 N–H and O–H groups in total. The van der Waals surface area contributed by atoms with Gasteiger partial charge in [0.15, 0.2) is 0 Å². The van der Waals surface area contributed by atoms with Crippen LogP contribution < -0.4 is 0 Å². The molecule has 0 fully saturated rings. The SMILES string of the molecule is CC(C(=O)O)c1ccc(CO)c(F)c1. The number of carboxylic acid groups (broad SMARTS) is 1. The summed E-state index contributed by atoms with van der Waals surface area (Å²) in [5.41, 5.74) is 0.568. The number of rotatable bonds is 3. The van der Waals surface area contributed by atoms with Crippen molar-refractivity contribution in [3.63, 3.8) is 0 Å². The average Bonchev–Trinajstić information content (AvgIpc) is 2.16. The van der Waals surface area contributed by atoms with Crippen LogP contribution in [0.1, 0.15) is 24.0 Å². The average molecular weight is 198 g/mol. The van der Waals surface area contributed by atoms with E-state index in [0.29, 0.717) is 5.56 Å². The number of aliphatic carboxylic acids is 1. The summed E-state index contributed by atoms with van der Waals surface area (Å²) in [6, 6.07) is 4.04. The van der Waals surface area contributed by atoms with E-state index in [0.717, 1.165) is 6.07 Å². The van der Waals surface area contributed by atoms with Gasteiger partial charge >= 0.3 is 5.97 Å². The predicted octanol–water partition coefficient (Wildman–Crippen LogP) is 1.51. The third-order valence-electron chi connectivity index (χ3n) is 2.12. The molecule has 1 aromatic carbocycles. The van der Waals surface area contributed by atoms with Crippen LogP contribution in [0, 0.1) is 5.82 Å². The highest BCUT2D eigenvalue weighted by molar-refractivity contribution is 5.75. The summed E-state index contributed by atoms with van der Waals surface area (Å²) >= 11 is 0. The number of halogens is 1. The third-order valence-corrected chi connectivity index (χ3v) is 2.12. The van der Waals surface area contributed by atoms with E-state index in [1.807, 2.05) is 0 Å². The van der Waals surface area contributed by atoms with Gasteiger partial charge in [-0.2, -0.15) is 0 Å². The summed E-state index contributed by atoms with van der Waals surface area (Å²) in [7, 11) is 0. The van der Waals surface area contributed by atoms with E-state index in [9.17, 15) is 9.18 Å². The largest absolute Gasteiger partial charge is 0.481 e. The molecule has 0 aliphatic rings. The Bertz CT molecular complexity index is 349. The maximum Gasteiger partial charge on any atom is 0.310 e. The zero-order chi connectivity index (χ0) is 10.7. The van der Waals surface area contributed by atoms with Crippen molar-refractivity contribution in [2.75, 3.05) is 0 Å². The second kappa shape index (κ2) is 4.19. The monoisotopic (exact) mass is 198 g/mol. The zero-order valence-electron chi connectivity index (χ0n) is 7.70. The van der Waals surface area contributed by atoms with Crippen molar-refractivity contribution in [3.05, 3.63) is 35.1 Å². The first kappa shape index (κ1) is 10.7. The minimum absolute atomic E-state index is 0.173. The van der Waals surface area contributed by atoms with Crippen molar-refractivity contribution in [1.29, 1.82) is 0 Å². The molecule has 3 nitrogen and oxygen atoms in total. The molecule has 0 radical (unpaired) electrons. The van der Waals surface area contributed by atoms with Gasteiger partial charge in [0.1, 0.15) is 5.82 Å². The molecule has 1 atom stereocenters. The maximum absolute atomic E-state index is 13.1. The highest BCUT2D eigenvalue weighted by Crippen LogP contribution is 2.18. The van der Waals surface area contributed by atoms with E-state index in [1.165, 1.54) is 19.1 Å². The van der Waals surface area contributed by atoms with Crippen LogP contribution >= 0.6 is 0 Å². The number of aliphatic hydroxyl groups is 1. The van der Waals surface area contributed by atoms with E-state index in [4.69, 9.17) is 10.2 Å². The van der Waals surface area contributed by atoms with E-state index in [2.05, 4.69) is 0 Å². The van der Waals surface area contributed by atoms with Crippen molar-refractivity contribution in [3.8, 4) is 0 Å². The van der Waals surface area contributed by atoms with Gasteiger partial charge in [0, 0.05) is 5.56 Å². The van der Waals surface area contributed by atoms with Crippen LogP contribution in [0.3, 0.4) is 0 Å². The maximum atomic E-state index is 13.1. The molecule has 0 heterocycles. The number of carboxylic acids is 1. The number of aliphatic hydroxyl groups excluding tert-OH is 1. The first-order valence-corrected chi connectivity index (χ1v) is 4.18. The van der Waals surface area contributed by atoms with Crippen LogP contribution in [0.4, 0.5) is 4.39 Å². The summed E-state index contributed by atoms with van der Waals surface area (Å²) < 4.78 is 13.1. The second-order valence-electron chi connectivity index (χ2n) is 3.07. The van der Waals surface area contributed by atoms with Crippen LogP contribution in [-0.2, 0) is 11.4 Å². The lowest BCUT2D eigenvalue weighted by atomic mass is 10.00. The van der Waals surface area contributed by atoms with Crippen LogP contribution in [0.5, 0.6) is 0 Å². The Morgan fingerprint density at radius 1 is 1.57 bits per heavy atom. The van der Waals surface area contributed by atoms with Gasteiger partial charge < -0.3 is 10.2 Å². The smallest absolute Gasteiger partial charge is 0.310 e. The molecule has 1 rings (SSSR count). The summed E-state index contributed by atoms with van der Waals surface area (Å²) in [5, 5.41) is 17.4. The molecular formula is C10H11FO3. The fourth-order valence-corrected chi connectivity index (χ4v) is 1.10. The second-order valence-corrected chi connectivity index (χ2v) is 3.07. The molecule has 1 aromatic rings. The Morgan fingerprint density at radius 2 is 2.21 bits per heavy atom. The van der Waals surface area contributed by atoms with Gasteiger partial charge in [-0.25, -0.2) is 4.39 Å². The number of carbonyl (C=O) groups is 1. The molecular weight excluding hydrogens is 187 g/mol. The lowest BCUT2D eigenvalue weighted by Gasteiger charge is -2.07. The molecule has 14 heavy (non-hydrogen) atoms. The third kappa shape index (κ3) is 2.09. The lowest BCUT2D eigenvalue weighted by molar-refractivity contribution is -0.138. The molecule has 0 saturated heterocycles. The summed E-state index contributed by atoms with van der Waals surface area (Å²) in [5.74, 6) is -2.31. The van der Waals surface area contributed by atoms with Crippen LogP contribution in [0.15, 0.2) is 18.2 Å². The molecule has 0 aliphatic heterocycles. The lowest BCUT2D eigenvalue weighted by Crippen LogP contribution is -2.08. The molecule has 0 spiro atoms. The molecule has 4 heteroatoms. The Labute approximate surface area is 80.8 Å². The Kier molecular flexibility index (Phi) is 3.19. The van der Waals surface area contributed by atoms with E-state index >= 15 is 0 Å². The van der Waals surface area contributed by atoms with Crippen LogP contribution in [0.2, 0.25) is 0 Å². The van der Waals surface area contributed by atoms with Crippen molar-refractivity contribution in [2.24, 2.45) is 0 Å². The minimum Gasteiger partial charge on any atom is -0.481 e. The van der Waals surface area contributed by atoms with Crippen molar-refractivity contribution < 1.29 is 19.4 Å². The molecule has 0 amide bonds. The van der Waals surface area contributed by atoms with E-state index in [-0.39, 0.29) is 12.2 Å². The van der Waals surface area contributed by atoms with Crippen molar-refractivity contribution >= 4 is 5.97 Å². The zero-order valence-corrected chi connectivity index (χ0v) is 7.70. The summed E-state index contributed by atoms with van der Waals surface area (Å²) in [4.78, 5) is 10.6. The highest BCUT2D eigenvalue weighted by Gasteiger charge is 2.14. The molecule has 0 bridgehead atoms. The topological polar surface area (TPSA) is 57.5 Å². The van der Waals surface area contributed by atoms with Crippen LogP contribution in [-0.4, -0.2) is 16.2 Å². The summed E-state index contributed by atoms with van der Waals surface area (Å²) in [6.45, 7) is 1.10. The Hall–Kier alpha value is -1.42. The first-order valence-electron chi connectivity index (χ1n) is 4.18. The number of hydrogen-bond acceptors (Lipinski definition) is 2. The van der Waals surface area contributed by atoms with Gasteiger partial charge in [0.2, 0.25) is 0 Å². The van der Waals surface area contributed by atoms with Crippen molar-refractivity contribution in [2.45, 2.75) is 19.4 Å². The van der Waals surface area contributed by atoms with E-state index in [1.54, 1.807) is 0 Å². The first-order chi connectivity index (χ1) is 6.56. The normalized spacial score (nSPS) is 12.5. The summed E-state index contributed by atoms with van der Waals surface area (Å²) in [6.07, 6.45) is 0. The molecule has 0 aromatic heterocycles. The van der Waals surface area contributed by atoms with Gasteiger partial charge in [-0.1, -0.05) is 12.1 Å². The fraction of sp³-hybridized carbons (Fsp3) is 0.300. The highest BCUT2D eigenvalue weighted by atomic mass is 19.1.